The Kier molecular flexibility index (Phi) is 4.39. The Morgan fingerprint density at radius 2 is 1.81 bits per heavy atom. The maximum atomic E-state index is 12.8. The normalized spacial score (nSPS) is 18.9. The summed E-state index contributed by atoms with van der Waals surface area (Å²) in [5.74, 6) is 1.29. The molecular formula is C14H18BrF. The van der Waals surface area contributed by atoms with Crippen LogP contribution in [0, 0.1) is 11.7 Å². The maximum Gasteiger partial charge on any atom is 0.123 e. The second kappa shape index (κ2) is 5.81. The average molecular weight is 285 g/mol. The van der Waals surface area contributed by atoms with Gasteiger partial charge in [0.1, 0.15) is 5.82 Å². The molecule has 1 atom stereocenters. The number of hydrogen-bond acceptors (Lipinski definition) is 0. The molecule has 0 nitrogen and oxygen atoms in total. The second-order valence-corrected chi connectivity index (χ2v) is 5.44. The fourth-order valence-electron chi connectivity index (χ4n) is 2.67. The lowest BCUT2D eigenvalue weighted by Gasteiger charge is -2.18. The zero-order chi connectivity index (χ0) is 11.4. The van der Waals surface area contributed by atoms with Crippen molar-refractivity contribution >= 4 is 15.9 Å². The molecule has 1 aliphatic carbocycles. The summed E-state index contributed by atoms with van der Waals surface area (Å²) in [5, 5.41) is 0.981. The monoisotopic (exact) mass is 284 g/mol. The standard InChI is InChI=1S/C14H18BrF/c15-10-13(9-11-3-1-2-4-11)12-5-7-14(16)8-6-12/h5-8,11,13H,1-4,9-10H2. The third kappa shape index (κ3) is 3.07. The van der Waals surface area contributed by atoms with Gasteiger partial charge in [-0.15, -0.1) is 0 Å². The predicted molar refractivity (Wildman–Crippen MR) is 69.5 cm³/mol. The van der Waals surface area contributed by atoms with E-state index in [2.05, 4.69) is 15.9 Å². The lowest BCUT2D eigenvalue weighted by Crippen LogP contribution is -2.06. The second-order valence-electron chi connectivity index (χ2n) is 4.79. The van der Waals surface area contributed by atoms with Crippen LogP contribution in [0.2, 0.25) is 0 Å². The lowest BCUT2D eigenvalue weighted by molar-refractivity contribution is 0.464. The van der Waals surface area contributed by atoms with Crippen LogP contribution < -0.4 is 0 Å². The van der Waals surface area contributed by atoms with Crippen molar-refractivity contribution in [3.8, 4) is 0 Å². The highest BCUT2D eigenvalue weighted by molar-refractivity contribution is 9.09. The summed E-state index contributed by atoms with van der Waals surface area (Å²) in [7, 11) is 0. The van der Waals surface area contributed by atoms with E-state index in [4.69, 9.17) is 0 Å². The minimum absolute atomic E-state index is 0.141. The van der Waals surface area contributed by atoms with Gasteiger partial charge in [-0.2, -0.15) is 0 Å². The van der Waals surface area contributed by atoms with Crippen molar-refractivity contribution in [1.29, 1.82) is 0 Å². The minimum atomic E-state index is -0.141. The molecule has 1 aromatic carbocycles. The first-order valence-electron chi connectivity index (χ1n) is 6.11. The first-order chi connectivity index (χ1) is 7.79. The van der Waals surface area contributed by atoms with E-state index in [0.717, 1.165) is 11.2 Å². The lowest BCUT2D eigenvalue weighted by atomic mass is 9.89. The Morgan fingerprint density at radius 3 is 2.38 bits per heavy atom. The van der Waals surface area contributed by atoms with E-state index in [-0.39, 0.29) is 5.82 Å². The molecule has 0 spiro atoms. The number of hydrogen-bond donors (Lipinski definition) is 0. The first kappa shape index (κ1) is 12.1. The summed E-state index contributed by atoms with van der Waals surface area (Å²) < 4.78 is 12.8. The molecule has 0 aromatic heterocycles. The van der Waals surface area contributed by atoms with E-state index in [1.54, 1.807) is 12.1 Å². The summed E-state index contributed by atoms with van der Waals surface area (Å²) in [6.07, 6.45) is 6.79. The summed E-state index contributed by atoms with van der Waals surface area (Å²) in [6, 6.07) is 6.99. The Morgan fingerprint density at radius 1 is 1.19 bits per heavy atom. The largest absolute Gasteiger partial charge is 0.207 e. The van der Waals surface area contributed by atoms with Crippen LogP contribution in [0.5, 0.6) is 0 Å². The van der Waals surface area contributed by atoms with E-state index in [1.807, 2.05) is 12.1 Å². The maximum absolute atomic E-state index is 12.8. The van der Waals surface area contributed by atoms with Crippen LogP contribution >= 0.6 is 15.9 Å². The SMILES string of the molecule is Fc1ccc(C(CBr)CC2CCCC2)cc1. The van der Waals surface area contributed by atoms with Gasteiger partial charge in [-0.05, 0) is 36.0 Å². The topological polar surface area (TPSA) is 0 Å². The predicted octanol–water partition coefficient (Wildman–Crippen LogP) is 4.88. The molecule has 1 aromatic rings. The molecule has 2 rings (SSSR count). The highest BCUT2D eigenvalue weighted by Gasteiger charge is 2.20. The van der Waals surface area contributed by atoms with Crippen LogP contribution in [-0.4, -0.2) is 5.33 Å². The molecule has 2 heteroatoms. The fraction of sp³-hybridized carbons (Fsp3) is 0.571. The zero-order valence-electron chi connectivity index (χ0n) is 9.46. The van der Waals surface area contributed by atoms with Crippen LogP contribution in [0.15, 0.2) is 24.3 Å². The van der Waals surface area contributed by atoms with Gasteiger partial charge in [-0.3, -0.25) is 0 Å². The van der Waals surface area contributed by atoms with Crippen LogP contribution in [0.1, 0.15) is 43.6 Å². The Balaban J connectivity index is 2.00. The molecule has 0 saturated heterocycles. The van der Waals surface area contributed by atoms with Crippen molar-refractivity contribution in [3.63, 3.8) is 0 Å². The molecule has 0 amide bonds. The van der Waals surface area contributed by atoms with Crippen molar-refractivity contribution in [3.05, 3.63) is 35.6 Å². The summed E-state index contributed by atoms with van der Waals surface area (Å²) in [4.78, 5) is 0. The molecule has 0 N–H and O–H groups in total. The summed E-state index contributed by atoms with van der Waals surface area (Å²) in [6.45, 7) is 0. The van der Waals surface area contributed by atoms with Gasteiger partial charge in [0.25, 0.3) is 0 Å². The Bertz CT molecular complexity index is 314. The smallest absolute Gasteiger partial charge is 0.123 e. The molecule has 0 radical (unpaired) electrons. The van der Waals surface area contributed by atoms with Crippen molar-refractivity contribution in [1.82, 2.24) is 0 Å². The van der Waals surface area contributed by atoms with Crippen molar-refractivity contribution < 1.29 is 4.39 Å². The van der Waals surface area contributed by atoms with Crippen molar-refractivity contribution in [2.75, 3.05) is 5.33 Å². The van der Waals surface area contributed by atoms with Gasteiger partial charge in [-0.25, -0.2) is 4.39 Å². The van der Waals surface area contributed by atoms with E-state index < -0.39 is 0 Å². The molecule has 1 aliphatic rings. The van der Waals surface area contributed by atoms with Gasteiger partial charge in [-0.1, -0.05) is 53.7 Å². The highest BCUT2D eigenvalue weighted by Crippen LogP contribution is 2.34. The number of halogens is 2. The van der Waals surface area contributed by atoms with E-state index in [0.29, 0.717) is 5.92 Å². The summed E-state index contributed by atoms with van der Waals surface area (Å²) in [5.41, 5.74) is 1.27. The van der Waals surface area contributed by atoms with Gasteiger partial charge < -0.3 is 0 Å². The average Bonchev–Trinajstić information content (AvgIpc) is 2.80. The van der Waals surface area contributed by atoms with E-state index >= 15 is 0 Å². The zero-order valence-corrected chi connectivity index (χ0v) is 11.0. The summed E-state index contributed by atoms with van der Waals surface area (Å²) >= 11 is 3.58. The van der Waals surface area contributed by atoms with Crippen LogP contribution in [0.4, 0.5) is 4.39 Å². The number of benzene rings is 1. The number of rotatable bonds is 4. The molecule has 0 bridgehead atoms. The Labute approximate surface area is 105 Å². The molecule has 1 fully saturated rings. The van der Waals surface area contributed by atoms with Gasteiger partial charge >= 0.3 is 0 Å². The quantitative estimate of drug-likeness (QED) is 0.691. The fourth-order valence-corrected chi connectivity index (χ4v) is 3.31. The van der Waals surface area contributed by atoms with E-state index in [9.17, 15) is 4.39 Å². The van der Waals surface area contributed by atoms with Crippen LogP contribution in [0.3, 0.4) is 0 Å². The molecule has 16 heavy (non-hydrogen) atoms. The minimum Gasteiger partial charge on any atom is -0.207 e. The molecule has 0 aliphatic heterocycles. The van der Waals surface area contributed by atoms with Gasteiger partial charge in [0, 0.05) is 5.33 Å². The van der Waals surface area contributed by atoms with Crippen LogP contribution in [0.25, 0.3) is 0 Å². The van der Waals surface area contributed by atoms with Gasteiger partial charge in [0.15, 0.2) is 0 Å². The third-order valence-electron chi connectivity index (χ3n) is 3.62. The molecular weight excluding hydrogens is 267 g/mol. The Hall–Kier alpha value is -0.370. The molecule has 1 unspecified atom stereocenters. The van der Waals surface area contributed by atoms with Crippen molar-refractivity contribution in [2.24, 2.45) is 5.92 Å². The molecule has 1 saturated carbocycles. The highest BCUT2D eigenvalue weighted by atomic mass is 79.9. The van der Waals surface area contributed by atoms with E-state index in [1.165, 1.54) is 37.7 Å². The number of alkyl halides is 1. The first-order valence-corrected chi connectivity index (χ1v) is 7.23. The van der Waals surface area contributed by atoms with Crippen LogP contribution in [-0.2, 0) is 0 Å². The van der Waals surface area contributed by atoms with Crippen molar-refractivity contribution in [2.45, 2.75) is 38.0 Å². The van der Waals surface area contributed by atoms with Gasteiger partial charge in [0.05, 0.1) is 0 Å². The molecule has 0 heterocycles. The molecule has 88 valence electrons. The third-order valence-corrected chi connectivity index (χ3v) is 4.40. The van der Waals surface area contributed by atoms with Gasteiger partial charge in [0.2, 0.25) is 0 Å².